The first-order valence-corrected chi connectivity index (χ1v) is 10.4. The highest BCUT2D eigenvalue weighted by Crippen LogP contribution is 2.23. The van der Waals surface area contributed by atoms with Crippen LogP contribution >= 0.6 is 11.8 Å². The molecule has 152 valence electrons. The lowest BCUT2D eigenvalue weighted by atomic mass is 10.1. The van der Waals surface area contributed by atoms with Crippen molar-refractivity contribution in [1.82, 2.24) is 19.6 Å². The summed E-state index contributed by atoms with van der Waals surface area (Å²) in [7, 11) is 0. The van der Waals surface area contributed by atoms with Gasteiger partial charge in [-0.2, -0.15) is 4.98 Å². The minimum Gasteiger partial charge on any atom is -0.392 e. The van der Waals surface area contributed by atoms with E-state index in [1.165, 1.54) is 11.8 Å². The normalized spacial score (nSPS) is 11.0. The summed E-state index contributed by atoms with van der Waals surface area (Å²) in [5.74, 6) is 0.928. The molecular formula is C22H21N5O2S. The van der Waals surface area contributed by atoms with Gasteiger partial charge in [-0.3, -0.25) is 4.79 Å². The molecular weight excluding hydrogens is 398 g/mol. The third kappa shape index (κ3) is 4.34. The van der Waals surface area contributed by atoms with Crippen LogP contribution < -0.4 is 5.32 Å². The van der Waals surface area contributed by atoms with Gasteiger partial charge in [-0.05, 0) is 49.2 Å². The number of aromatic nitrogens is 4. The van der Waals surface area contributed by atoms with Crippen LogP contribution in [0.15, 0.2) is 59.8 Å². The SMILES string of the molecule is Cc1cc(C)n2nc(SCc3ccccc3C(=O)Nc3cccc(CO)c3)nc2n1. The van der Waals surface area contributed by atoms with E-state index in [0.29, 0.717) is 27.9 Å². The van der Waals surface area contributed by atoms with Gasteiger partial charge < -0.3 is 10.4 Å². The number of anilines is 1. The topological polar surface area (TPSA) is 92.4 Å². The third-order valence-electron chi connectivity index (χ3n) is 4.59. The molecule has 0 spiro atoms. The molecule has 0 radical (unpaired) electrons. The van der Waals surface area contributed by atoms with E-state index in [1.807, 2.05) is 38.1 Å². The summed E-state index contributed by atoms with van der Waals surface area (Å²) in [6.07, 6.45) is 0. The van der Waals surface area contributed by atoms with Gasteiger partial charge in [0.25, 0.3) is 11.7 Å². The maximum atomic E-state index is 12.8. The van der Waals surface area contributed by atoms with Gasteiger partial charge >= 0.3 is 0 Å². The van der Waals surface area contributed by atoms with Crippen molar-refractivity contribution in [2.75, 3.05) is 5.32 Å². The third-order valence-corrected chi connectivity index (χ3v) is 5.47. The summed E-state index contributed by atoms with van der Waals surface area (Å²) in [4.78, 5) is 21.7. The fourth-order valence-electron chi connectivity index (χ4n) is 3.16. The number of amides is 1. The first kappa shape index (κ1) is 20.1. The molecule has 0 unspecified atom stereocenters. The Balaban J connectivity index is 1.52. The highest BCUT2D eigenvalue weighted by atomic mass is 32.2. The van der Waals surface area contributed by atoms with E-state index >= 15 is 0 Å². The fraction of sp³-hybridized carbons (Fsp3) is 0.182. The van der Waals surface area contributed by atoms with Crippen LogP contribution in [0.1, 0.15) is 32.9 Å². The Morgan fingerprint density at radius 3 is 2.77 bits per heavy atom. The van der Waals surface area contributed by atoms with Crippen LogP contribution in [-0.2, 0) is 12.4 Å². The molecule has 2 aromatic heterocycles. The average Bonchev–Trinajstić information content (AvgIpc) is 3.16. The Kier molecular flexibility index (Phi) is 5.78. The Labute approximate surface area is 178 Å². The van der Waals surface area contributed by atoms with Gasteiger partial charge in [-0.15, -0.1) is 5.10 Å². The quantitative estimate of drug-likeness (QED) is 0.462. The van der Waals surface area contributed by atoms with E-state index in [4.69, 9.17) is 0 Å². The summed E-state index contributed by atoms with van der Waals surface area (Å²) in [5, 5.41) is 17.3. The van der Waals surface area contributed by atoms with Crippen molar-refractivity contribution in [3.05, 3.63) is 82.7 Å². The number of benzene rings is 2. The summed E-state index contributed by atoms with van der Waals surface area (Å²) >= 11 is 1.46. The van der Waals surface area contributed by atoms with Gasteiger partial charge in [0.15, 0.2) is 0 Å². The second kappa shape index (κ2) is 8.64. The Hall–Kier alpha value is -3.23. The number of aliphatic hydroxyl groups excluding tert-OH is 1. The van der Waals surface area contributed by atoms with Gasteiger partial charge in [0, 0.05) is 28.4 Å². The van der Waals surface area contributed by atoms with Gasteiger partial charge in [-0.1, -0.05) is 42.1 Å². The molecule has 8 heteroatoms. The van der Waals surface area contributed by atoms with Crippen molar-refractivity contribution in [2.45, 2.75) is 31.4 Å². The van der Waals surface area contributed by atoms with E-state index < -0.39 is 0 Å². The van der Waals surface area contributed by atoms with Crippen LogP contribution in [0.3, 0.4) is 0 Å². The van der Waals surface area contributed by atoms with Crippen molar-refractivity contribution in [3.63, 3.8) is 0 Å². The molecule has 4 aromatic rings. The smallest absolute Gasteiger partial charge is 0.255 e. The van der Waals surface area contributed by atoms with Crippen LogP contribution in [0, 0.1) is 13.8 Å². The van der Waals surface area contributed by atoms with E-state index in [9.17, 15) is 9.90 Å². The monoisotopic (exact) mass is 419 g/mol. The van der Waals surface area contributed by atoms with Crippen molar-refractivity contribution in [3.8, 4) is 0 Å². The van der Waals surface area contributed by atoms with Crippen molar-refractivity contribution >= 4 is 29.1 Å². The Morgan fingerprint density at radius 2 is 1.93 bits per heavy atom. The Morgan fingerprint density at radius 1 is 1.10 bits per heavy atom. The predicted octanol–water partition coefficient (Wildman–Crippen LogP) is 3.78. The van der Waals surface area contributed by atoms with Crippen molar-refractivity contribution in [1.29, 1.82) is 0 Å². The molecule has 0 saturated carbocycles. The second-order valence-corrected chi connectivity index (χ2v) is 7.85. The van der Waals surface area contributed by atoms with E-state index in [2.05, 4.69) is 20.4 Å². The largest absolute Gasteiger partial charge is 0.392 e. The number of aryl methyl sites for hydroxylation is 2. The predicted molar refractivity (Wildman–Crippen MR) is 117 cm³/mol. The molecule has 2 heterocycles. The molecule has 4 rings (SSSR count). The molecule has 0 fully saturated rings. The molecule has 30 heavy (non-hydrogen) atoms. The summed E-state index contributed by atoms with van der Waals surface area (Å²) in [6, 6.07) is 16.6. The number of thioether (sulfide) groups is 1. The lowest BCUT2D eigenvalue weighted by molar-refractivity contribution is 0.102. The van der Waals surface area contributed by atoms with Gasteiger partial charge in [-0.25, -0.2) is 9.50 Å². The molecule has 0 aliphatic rings. The molecule has 2 aromatic carbocycles. The van der Waals surface area contributed by atoms with Crippen LogP contribution in [0.4, 0.5) is 5.69 Å². The van der Waals surface area contributed by atoms with Gasteiger partial charge in [0.1, 0.15) is 0 Å². The van der Waals surface area contributed by atoms with Crippen LogP contribution in [-0.4, -0.2) is 30.6 Å². The number of aliphatic hydroxyl groups is 1. The zero-order valence-electron chi connectivity index (χ0n) is 16.7. The highest BCUT2D eigenvalue weighted by molar-refractivity contribution is 7.98. The van der Waals surface area contributed by atoms with E-state index in [1.54, 1.807) is 34.8 Å². The number of hydrogen-bond donors (Lipinski definition) is 2. The molecule has 0 aliphatic heterocycles. The first-order valence-electron chi connectivity index (χ1n) is 9.46. The second-order valence-electron chi connectivity index (χ2n) is 6.90. The lowest BCUT2D eigenvalue weighted by Crippen LogP contribution is -2.14. The van der Waals surface area contributed by atoms with Gasteiger partial charge in [0.05, 0.1) is 6.61 Å². The zero-order valence-corrected chi connectivity index (χ0v) is 17.5. The number of nitrogens with zero attached hydrogens (tertiary/aromatic N) is 4. The first-order chi connectivity index (χ1) is 14.5. The van der Waals surface area contributed by atoms with Crippen molar-refractivity contribution in [2.24, 2.45) is 0 Å². The van der Waals surface area contributed by atoms with Crippen LogP contribution in [0.25, 0.3) is 5.78 Å². The lowest BCUT2D eigenvalue weighted by Gasteiger charge is -2.10. The van der Waals surface area contributed by atoms with Gasteiger partial charge in [0.2, 0.25) is 5.16 Å². The van der Waals surface area contributed by atoms with Crippen LogP contribution in [0.2, 0.25) is 0 Å². The Bertz CT molecular complexity index is 1220. The number of fused-ring (bicyclic) bond motifs is 1. The maximum Gasteiger partial charge on any atom is 0.255 e. The molecule has 2 N–H and O–H groups in total. The number of nitrogens with one attached hydrogen (secondary N) is 1. The molecule has 0 aliphatic carbocycles. The van der Waals surface area contributed by atoms with Crippen molar-refractivity contribution < 1.29 is 9.90 Å². The number of hydrogen-bond acceptors (Lipinski definition) is 6. The minimum atomic E-state index is -0.197. The minimum absolute atomic E-state index is 0.0726. The molecule has 0 bridgehead atoms. The van der Waals surface area contributed by atoms with Crippen LogP contribution in [0.5, 0.6) is 0 Å². The number of carbonyl (C=O) groups excluding carboxylic acids is 1. The molecule has 0 atom stereocenters. The summed E-state index contributed by atoms with van der Waals surface area (Å²) in [6.45, 7) is 3.83. The highest BCUT2D eigenvalue weighted by Gasteiger charge is 2.14. The fourth-order valence-corrected chi connectivity index (χ4v) is 3.99. The number of carbonyl (C=O) groups is 1. The molecule has 7 nitrogen and oxygen atoms in total. The summed E-state index contributed by atoms with van der Waals surface area (Å²) in [5.41, 5.74) is 4.74. The molecule has 1 amide bonds. The average molecular weight is 420 g/mol. The summed E-state index contributed by atoms with van der Waals surface area (Å²) < 4.78 is 1.72. The maximum absolute atomic E-state index is 12.8. The van der Waals surface area contributed by atoms with E-state index in [-0.39, 0.29) is 12.5 Å². The molecule has 0 saturated heterocycles. The van der Waals surface area contributed by atoms with E-state index in [0.717, 1.165) is 22.5 Å². The number of rotatable bonds is 6. The zero-order chi connectivity index (χ0) is 21.1. The standard InChI is InChI=1S/C22H21N5O2S/c1-14-10-15(2)27-21(23-14)25-22(26-27)30-13-17-7-3-4-9-19(17)20(29)24-18-8-5-6-16(11-18)12-28/h3-11,28H,12-13H2,1-2H3,(H,24,29).